The zero-order valence-electron chi connectivity index (χ0n) is 19.3. The summed E-state index contributed by atoms with van der Waals surface area (Å²) in [6.07, 6.45) is 1.68. The minimum atomic E-state index is -0.752. The van der Waals surface area contributed by atoms with Crippen LogP contribution in [0.25, 0.3) is 21.5 Å². The molecule has 0 radical (unpaired) electrons. The molecule has 1 aromatic carbocycles. The minimum absolute atomic E-state index is 0.000489. The van der Waals surface area contributed by atoms with Gasteiger partial charge in [-0.25, -0.2) is 14.6 Å². The van der Waals surface area contributed by atoms with Crippen LogP contribution in [0.2, 0.25) is 0 Å². The maximum atomic E-state index is 13.0. The number of thiophene rings is 1. The van der Waals surface area contributed by atoms with Crippen molar-refractivity contribution < 1.29 is 23.8 Å². The van der Waals surface area contributed by atoms with E-state index in [9.17, 15) is 20.0 Å². The zero-order valence-corrected chi connectivity index (χ0v) is 20.1. The Morgan fingerprint density at radius 2 is 2.08 bits per heavy atom. The molecule has 13 heteroatoms. The van der Waals surface area contributed by atoms with Crippen LogP contribution >= 0.6 is 11.3 Å². The molecule has 3 aromatic heterocycles. The van der Waals surface area contributed by atoms with Crippen LogP contribution in [0.15, 0.2) is 38.6 Å². The van der Waals surface area contributed by atoms with Crippen molar-refractivity contribution in [2.75, 3.05) is 18.1 Å². The molecule has 0 saturated carbocycles. The lowest BCUT2D eigenvalue weighted by molar-refractivity contribution is -0.730. The summed E-state index contributed by atoms with van der Waals surface area (Å²) in [7, 11) is 1.51. The van der Waals surface area contributed by atoms with Crippen molar-refractivity contribution in [3.8, 4) is 17.3 Å². The van der Waals surface area contributed by atoms with Gasteiger partial charge in [-0.2, -0.15) is 5.26 Å². The second-order valence-corrected chi connectivity index (χ2v) is 8.72. The van der Waals surface area contributed by atoms with E-state index in [0.717, 1.165) is 24.2 Å². The van der Waals surface area contributed by atoms with Crippen molar-refractivity contribution in [1.29, 1.82) is 5.26 Å². The van der Waals surface area contributed by atoms with Gasteiger partial charge in [0.15, 0.2) is 7.05 Å². The van der Waals surface area contributed by atoms with Gasteiger partial charge in [-0.15, -0.1) is 11.3 Å². The molecule has 0 unspecified atom stereocenters. The maximum absolute atomic E-state index is 13.0. The van der Waals surface area contributed by atoms with Gasteiger partial charge < -0.3 is 21.3 Å². The van der Waals surface area contributed by atoms with Crippen LogP contribution in [-0.2, 0) is 11.8 Å². The fraction of sp³-hybridized carbons (Fsp3) is 0.217. The SMILES string of the molecule is CCCCOC(=O)c1ccc(N=C([O-])c2sc3nc(N)c(C#N)c(-c4c(=O)o[nH][n+]4C)c3c2N)cc1. The smallest absolute Gasteiger partial charge is 0.435 e. The molecular formula is C23H21N7O5S. The number of nitriles is 1. The second kappa shape index (κ2) is 9.88. The van der Waals surface area contributed by atoms with Gasteiger partial charge in [-0.3, -0.25) is 9.52 Å². The molecule has 0 aliphatic carbocycles. The number of nitrogens with zero attached hydrogens (tertiary/aromatic N) is 4. The topological polar surface area (TPSA) is 200 Å². The third kappa shape index (κ3) is 4.37. The normalized spacial score (nSPS) is 11.5. The fourth-order valence-corrected chi connectivity index (χ4v) is 4.52. The Labute approximate surface area is 208 Å². The lowest BCUT2D eigenvalue weighted by Crippen LogP contribution is -2.34. The van der Waals surface area contributed by atoms with E-state index in [4.69, 9.17) is 20.7 Å². The summed E-state index contributed by atoms with van der Waals surface area (Å²) in [6.45, 7) is 2.33. The summed E-state index contributed by atoms with van der Waals surface area (Å²) in [4.78, 5) is 33.0. The number of anilines is 2. The fourth-order valence-electron chi connectivity index (χ4n) is 3.52. The summed E-state index contributed by atoms with van der Waals surface area (Å²) in [6, 6.07) is 7.99. The zero-order chi connectivity index (χ0) is 26.0. The van der Waals surface area contributed by atoms with E-state index >= 15 is 0 Å². The number of benzene rings is 1. The van der Waals surface area contributed by atoms with Crippen LogP contribution in [0.1, 0.15) is 40.6 Å². The number of nitrogens with two attached hydrogens (primary N) is 2. The number of esters is 1. The van der Waals surface area contributed by atoms with Crippen molar-refractivity contribution >= 4 is 50.6 Å². The first-order valence-corrected chi connectivity index (χ1v) is 11.6. The Hall–Kier alpha value is -4.70. The van der Waals surface area contributed by atoms with Crippen LogP contribution in [0.5, 0.6) is 0 Å². The summed E-state index contributed by atoms with van der Waals surface area (Å²) in [5.74, 6) is -1.25. The number of pyridine rings is 1. The number of rotatable bonds is 7. The second-order valence-electron chi connectivity index (χ2n) is 7.73. The molecule has 0 spiro atoms. The van der Waals surface area contributed by atoms with Crippen molar-refractivity contribution in [3.63, 3.8) is 0 Å². The van der Waals surface area contributed by atoms with Gasteiger partial charge in [0.1, 0.15) is 22.3 Å². The van der Waals surface area contributed by atoms with E-state index < -0.39 is 17.5 Å². The van der Waals surface area contributed by atoms with Crippen LogP contribution < -0.4 is 26.9 Å². The van der Waals surface area contributed by atoms with Crippen molar-refractivity contribution in [2.24, 2.45) is 12.0 Å². The molecule has 0 aliphatic rings. The number of aromatic amines is 1. The quantitative estimate of drug-likeness (QED) is 0.109. The number of fused-ring (bicyclic) bond motifs is 1. The lowest BCUT2D eigenvalue weighted by atomic mass is 10.0. The van der Waals surface area contributed by atoms with E-state index in [1.807, 2.05) is 13.0 Å². The van der Waals surface area contributed by atoms with Crippen molar-refractivity contribution in [2.45, 2.75) is 19.8 Å². The largest absolute Gasteiger partial charge is 0.858 e. The summed E-state index contributed by atoms with van der Waals surface area (Å²) in [5, 5.41) is 25.3. The highest BCUT2D eigenvalue weighted by Crippen LogP contribution is 2.41. The van der Waals surface area contributed by atoms with E-state index in [-0.39, 0.29) is 43.4 Å². The number of nitrogen functional groups attached to an aromatic ring is 2. The Bertz CT molecular complexity index is 1590. The molecule has 184 valence electrons. The number of unbranched alkanes of at least 4 members (excludes halogenated alkanes) is 1. The number of ether oxygens (including phenoxy) is 1. The number of aromatic nitrogens is 3. The van der Waals surface area contributed by atoms with Gasteiger partial charge in [0.25, 0.3) is 0 Å². The molecular weight excluding hydrogens is 486 g/mol. The number of aryl methyl sites for hydroxylation is 1. The Morgan fingerprint density at radius 1 is 1.36 bits per heavy atom. The average Bonchev–Trinajstić information content (AvgIpc) is 3.36. The first-order chi connectivity index (χ1) is 17.3. The molecule has 0 amide bonds. The van der Waals surface area contributed by atoms with E-state index in [1.54, 1.807) is 0 Å². The first kappa shape index (κ1) is 24.4. The highest BCUT2D eigenvalue weighted by atomic mass is 32.1. The summed E-state index contributed by atoms with van der Waals surface area (Å²) >= 11 is 0.932. The molecule has 5 N–H and O–H groups in total. The average molecular weight is 508 g/mol. The van der Waals surface area contributed by atoms with Gasteiger partial charge in [0.2, 0.25) is 0 Å². The predicted molar refractivity (Wildman–Crippen MR) is 130 cm³/mol. The van der Waals surface area contributed by atoms with Gasteiger partial charge >= 0.3 is 17.3 Å². The van der Waals surface area contributed by atoms with Crippen LogP contribution in [0.3, 0.4) is 0 Å². The molecule has 3 heterocycles. The maximum Gasteiger partial charge on any atom is 0.435 e. The van der Waals surface area contributed by atoms with Gasteiger partial charge in [0.05, 0.1) is 39.4 Å². The summed E-state index contributed by atoms with van der Waals surface area (Å²) in [5.41, 5.74) is 12.2. The predicted octanol–water partition coefficient (Wildman–Crippen LogP) is 1.50. The minimum Gasteiger partial charge on any atom is -0.858 e. The van der Waals surface area contributed by atoms with Gasteiger partial charge in [-0.05, 0) is 36.0 Å². The van der Waals surface area contributed by atoms with E-state index in [1.165, 1.54) is 36.0 Å². The molecule has 0 saturated heterocycles. The van der Waals surface area contributed by atoms with Gasteiger partial charge in [-0.1, -0.05) is 18.0 Å². The van der Waals surface area contributed by atoms with Crippen molar-refractivity contribution in [3.05, 3.63) is 50.7 Å². The molecule has 0 bridgehead atoms. The lowest BCUT2D eigenvalue weighted by Gasteiger charge is -2.10. The third-order valence-electron chi connectivity index (χ3n) is 5.32. The van der Waals surface area contributed by atoms with E-state index in [2.05, 4.69) is 15.2 Å². The third-order valence-corrected chi connectivity index (χ3v) is 6.40. The Balaban J connectivity index is 1.76. The van der Waals surface area contributed by atoms with Gasteiger partial charge in [0, 0.05) is 5.90 Å². The Kier molecular flexibility index (Phi) is 6.71. The van der Waals surface area contributed by atoms with E-state index in [0.29, 0.717) is 17.9 Å². The molecule has 4 rings (SSSR count). The molecule has 0 atom stereocenters. The monoisotopic (exact) mass is 507 g/mol. The highest BCUT2D eigenvalue weighted by molar-refractivity contribution is 7.21. The standard InChI is InChI=1S/C23H21N7O5S/c1-3-4-9-34-22(32)11-5-7-12(8-6-11)27-20(31)18-16(25)15-14(17-23(33)35-29-30(17)2)13(10-24)19(26)28-21(15)36-18/h5-8H,3-4,9H2,1-2H3,(H5-,25,26,27,28,29,31,32,33). The number of H-pyrrole nitrogens is 1. The summed E-state index contributed by atoms with van der Waals surface area (Å²) < 4.78 is 11.3. The number of hydrogen-bond acceptors (Lipinski definition) is 11. The number of hydrogen-bond donors (Lipinski definition) is 3. The Morgan fingerprint density at radius 3 is 2.69 bits per heavy atom. The number of carbonyl (C=O) groups is 1. The van der Waals surface area contributed by atoms with Crippen molar-refractivity contribution in [1.82, 2.24) is 10.3 Å². The molecule has 4 aromatic rings. The molecule has 36 heavy (non-hydrogen) atoms. The number of aliphatic imine (C=N–C) groups is 1. The number of nitrogens with one attached hydrogen (secondary N) is 1. The van der Waals surface area contributed by atoms with Crippen LogP contribution in [-0.4, -0.2) is 28.7 Å². The highest BCUT2D eigenvalue weighted by Gasteiger charge is 2.31. The first-order valence-electron chi connectivity index (χ1n) is 10.8. The number of carbonyl (C=O) groups excluding carboxylic acids is 1. The van der Waals surface area contributed by atoms with Crippen LogP contribution in [0, 0.1) is 11.3 Å². The van der Waals surface area contributed by atoms with Crippen LogP contribution in [0.4, 0.5) is 17.2 Å². The molecule has 12 nitrogen and oxygen atoms in total. The molecule has 0 aliphatic heterocycles. The molecule has 0 fully saturated rings.